The molecule has 0 aromatic heterocycles. The Morgan fingerprint density at radius 1 is 1.31 bits per heavy atom. The fourth-order valence-electron chi connectivity index (χ4n) is 2.20. The zero-order valence-corrected chi connectivity index (χ0v) is 10.4. The molecule has 2 rings (SSSR count). The summed E-state index contributed by atoms with van der Waals surface area (Å²) in [6.45, 7) is 4.50. The topological polar surface area (TPSA) is 12.0 Å². The Kier molecular flexibility index (Phi) is 3.38. The molecule has 0 atom stereocenters. The van der Waals surface area contributed by atoms with Gasteiger partial charge in [0.05, 0.1) is 0 Å². The Labute approximate surface area is 101 Å². The number of hydrogen-bond acceptors (Lipinski definition) is 1. The van der Waals surface area contributed by atoms with Crippen molar-refractivity contribution in [1.82, 2.24) is 0 Å². The Morgan fingerprint density at radius 2 is 2.00 bits per heavy atom. The lowest BCUT2D eigenvalue weighted by Crippen LogP contribution is -2.37. The Balaban J connectivity index is 1.91. The van der Waals surface area contributed by atoms with Crippen LogP contribution in [0.2, 0.25) is 5.02 Å². The van der Waals surface area contributed by atoms with E-state index in [1.807, 2.05) is 0 Å². The van der Waals surface area contributed by atoms with Gasteiger partial charge < -0.3 is 5.32 Å². The van der Waals surface area contributed by atoms with Crippen LogP contribution in [0.4, 0.5) is 10.1 Å². The van der Waals surface area contributed by atoms with Crippen LogP contribution in [-0.2, 0) is 0 Å². The van der Waals surface area contributed by atoms with Crippen LogP contribution in [0.5, 0.6) is 0 Å². The van der Waals surface area contributed by atoms with E-state index in [4.69, 9.17) is 11.6 Å². The number of nitrogens with one attached hydrogen (secondary N) is 1. The van der Waals surface area contributed by atoms with E-state index in [1.165, 1.54) is 25.0 Å². The highest BCUT2D eigenvalue weighted by Crippen LogP contribution is 2.35. The summed E-state index contributed by atoms with van der Waals surface area (Å²) in [6.07, 6.45) is 2.34. The van der Waals surface area contributed by atoms with Crippen LogP contribution in [0.1, 0.15) is 26.7 Å². The summed E-state index contributed by atoms with van der Waals surface area (Å²) < 4.78 is 13.1. The molecule has 0 bridgehead atoms. The highest BCUT2D eigenvalue weighted by molar-refractivity contribution is 6.30. The number of anilines is 1. The maximum absolute atomic E-state index is 13.1. The van der Waals surface area contributed by atoms with Crippen molar-refractivity contribution >= 4 is 17.3 Å². The molecule has 1 N–H and O–H groups in total. The first kappa shape index (κ1) is 11.7. The summed E-state index contributed by atoms with van der Waals surface area (Å²) in [5.74, 6) is 1.27. The van der Waals surface area contributed by atoms with Gasteiger partial charge >= 0.3 is 0 Å². The molecule has 0 heterocycles. The molecule has 0 saturated heterocycles. The maximum atomic E-state index is 13.1. The lowest BCUT2D eigenvalue weighted by molar-refractivity contribution is 0.212. The van der Waals surface area contributed by atoms with Crippen molar-refractivity contribution in [2.24, 2.45) is 11.8 Å². The largest absolute Gasteiger partial charge is 0.382 e. The van der Waals surface area contributed by atoms with Crippen LogP contribution < -0.4 is 5.32 Å². The van der Waals surface area contributed by atoms with E-state index in [0.717, 1.165) is 17.5 Å². The molecule has 0 radical (unpaired) electrons. The van der Waals surface area contributed by atoms with Crippen molar-refractivity contribution < 1.29 is 4.39 Å². The second kappa shape index (κ2) is 4.62. The van der Waals surface area contributed by atoms with E-state index in [-0.39, 0.29) is 5.82 Å². The lowest BCUT2D eigenvalue weighted by atomic mass is 9.73. The minimum Gasteiger partial charge on any atom is -0.382 e. The first-order valence-corrected chi connectivity index (χ1v) is 6.15. The van der Waals surface area contributed by atoms with Gasteiger partial charge in [0, 0.05) is 16.8 Å². The van der Waals surface area contributed by atoms with Crippen molar-refractivity contribution in [2.45, 2.75) is 32.7 Å². The molecule has 88 valence electrons. The summed E-state index contributed by atoms with van der Waals surface area (Å²) in [5, 5.41) is 3.77. The Bertz CT molecular complexity index is 352. The fraction of sp³-hybridized carbons (Fsp3) is 0.538. The van der Waals surface area contributed by atoms with Crippen LogP contribution in [0, 0.1) is 17.7 Å². The molecule has 0 amide bonds. The average molecular weight is 242 g/mol. The van der Waals surface area contributed by atoms with Gasteiger partial charge in [0.15, 0.2) is 0 Å². The Morgan fingerprint density at radius 3 is 2.56 bits per heavy atom. The van der Waals surface area contributed by atoms with Crippen LogP contribution in [0.3, 0.4) is 0 Å². The van der Waals surface area contributed by atoms with Gasteiger partial charge in [0.1, 0.15) is 5.82 Å². The second-order valence-electron chi connectivity index (χ2n) is 4.97. The number of rotatable bonds is 3. The van der Waals surface area contributed by atoms with E-state index in [9.17, 15) is 4.39 Å². The van der Waals surface area contributed by atoms with Crippen molar-refractivity contribution in [3.05, 3.63) is 29.0 Å². The van der Waals surface area contributed by atoms with Gasteiger partial charge in [-0.15, -0.1) is 0 Å². The minimum absolute atomic E-state index is 0.283. The molecule has 1 aromatic rings. The van der Waals surface area contributed by atoms with Crippen molar-refractivity contribution in [3.8, 4) is 0 Å². The molecular formula is C13H17ClFN. The zero-order chi connectivity index (χ0) is 11.7. The summed E-state index contributed by atoms with van der Waals surface area (Å²) in [6, 6.07) is 5.07. The summed E-state index contributed by atoms with van der Waals surface area (Å²) in [4.78, 5) is 0. The highest BCUT2D eigenvalue weighted by Gasteiger charge is 2.30. The van der Waals surface area contributed by atoms with Crippen LogP contribution >= 0.6 is 11.6 Å². The van der Waals surface area contributed by atoms with Crippen molar-refractivity contribution in [3.63, 3.8) is 0 Å². The van der Waals surface area contributed by atoms with Crippen molar-refractivity contribution in [2.75, 3.05) is 5.32 Å². The van der Waals surface area contributed by atoms with Gasteiger partial charge in [-0.1, -0.05) is 25.4 Å². The van der Waals surface area contributed by atoms with Gasteiger partial charge in [-0.3, -0.25) is 0 Å². The molecule has 1 saturated carbocycles. The van der Waals surface area contributed by atoms with E-state index in [1.54, 1.807) is 6.07 Å². The van der Waals surface area contributed by atoms with Gasteiger partial charge in [-0.05, 0) is 42.9 Å². The van der Waals surface area contributed by atoms with Crippen LogP contribution in [-0.4, -0.2) is 6.04 Å². The highest BCUT2D eigenvalue weighted by atomic mass is 35.5. The summed E-state index contributed by atoms with van der Waals surface area (Å²) in [5.41, 5.74) is 0.789. The number of hydrogen-bond donors (Lipinski definition) is 1. The van der Waals surface area contributed by atoms with Gasteiger partial charge in [-0.25, -0.2) is 4.39 Å². The molecule has 1 fully saturated rings. The molecule has 3 heteroatoms. The standard InChI is InChI=1S/C13H17ClFN/c1-8(2)9-3-12(4-9)16-13-6-10(14)5-11(15)7-13/h5-9,12,16H,3-4H2,1-2H3. The molecule has 1 aliphatic carbocycles. The minimum atomic E-state index is -0.283. The third-order valence-corrected chi connectivity index (χ3v) is 3.57. The molecule has 1 nitrogen and oxygen atoms in total. The van der Waals surface area contributed by atoms with E-state index in [2.05, 4.69) is 19.2 Å². The molecule has 0 unspecified atom stereocenters. The molecule has 1 aliphatic rings. The maximum Gasteiger partial charge on any atom is 0.126 e. The zero-order valence-electron chi connectivity index (χ0n) is 9.63. The SMILES string of the molecule is CC(C)C1CC(Nc2cc(F)cc(Cl)c2)C1. The van der Waals surface area contributed by atoms with Gasteiger partial charge in [0.25, 0.3) is 0 Å². The quantitative estimate of drug-likeness (QED) is 0.831. The predicted octanol–water partition coefficient (Wildman–Crippen LogP) is 4.33. The third-order valence-electron chi connectivity index (χ3n) is 3.35. The summed E-state index contributed by atoms with van der Waals surface area (Å²) in [7, 11) is 0. The third kappa shape index (κ3) is 2.67. The first-order valence-electron chi connectivity index (χ1n) is 5.77. The lowest BCUT2D eigenvalue weighted by Gasteiger charge is -2.39. The van der Waals surface area contributed by atoms with Gasteiger partial charge in [-0.2, -0.15) is 0 Å². The second-order valence-corrected chi connectivity index (χ2v) is 5.41. The van der Waals surface area contributed by atoms with Gasteiger partial charge in [0.2, 0.25) is 0 Å². The molecule has 16 heavy (non-hydrogen) atoms. The number of benzene rings is 1. The summed E-state index contributed by atoms with van der Waals surface area (Å²) >= 11 is 5.79. The normalized spacial score (nSPS) is 24.3. The average Bonchev–Trinajstić information content (AvgIpc) is 2.08. The molecule has 0 aliphatic heterocycles. The van der Waals surface area contributed by atoms with E-state index >= 15 is 0 Å². The fourth-order valence-corrected chi connectivity index (χ4v) is 2.42. The monoisotopic (exact) mass is 241 g/mol. The predicted molar refractivity (Wildman–Crippen MR) is 66.4 cm³/mol. The van der Waals surface area contributed by atoms with Crippen LogP contribution in [0.15, 0.2) is 18.2 Å². The molecular weight excluding hydrogens is 225 g/mol. The van der Waals surface area contributed by atoms with E-state index < -0.39 is 0 Å². The molecule has 0 spiro atoms. The smallest absolute Gasteiger partial charge is 0.126 e. The van der Waals surface area contributed by atoms with E-state index in [0.29, 0.717) is 11.1 Å². The molecule has 1 aromatic carbocycles. The number of halogens is 2. The first-order chi connectivity index (χ1) is 7.54. The van der Waals surface area contributed by atoms with Crippen LogP contribution in [0.25, 0.3) is 0 Å². The van der Waals surface area contributed by atoms with Crippen molar-refractivity contribution in [1.29, 1.82) is 0 Å². The Hall–Kier alpha value is -0.760.